The maximum atomic E-state index is 14.0. The highest BCUT2D eigenvalue weighted by atomic mass is 19.1. The highest BCUT2D eigenvalue weighted by Gasteiger charge is 2.15. The lowest BCUT2D eigenvalue weighted by molar-refractivity contribution is -0.114. The Morgan fingerprint density at radius 1 is 1.38 bits per heavy atom. The second-order valence-corrected chi connectivity index (χ2v) is 4.80. The molecule has 1 aliphatic rings. The molecule has 0 bridgehead atoms. The molecule has 1 amide bonds. The van der Waals surface area contributed by atoms with Crippen LogP contribution in [0.1, 0.15) is 18.9 Å². The zero-order valence-corrected chi connectivity index (χ0v) is 11.7. The molecule has 1 heterocycles. The summed E-state index contributed by atoms with van der Waals surface area (Å²) in [7, 11) is 0. The minimum atomic E-state index is -0.665. The van der Waals surface area contributed by atoms with Gasteiger partial charge in [-0.15, -0.1) is 0 Å². The van der Waals surface area contributed by atoms with Crippen LogP contribution >= 0.6 is 0 Å². The molecule has 4 nitrogen and oxygen atoms in total. The van der Waals surface area contributed by atoms with Gasteiger partial charge in [-0.2, -0.15) is 0 Å². The van der Waals surface area contributed by atoms with Gasteiger partial charge in [0.2, 0.25) is 5.91 Å². The van der Waals surface area contributed by atoms with E-state index in [0.717, 1.165) is 6.42 Å². The molecule has 1 aromatic carbocycles. The Morgan fingerprint density at radius 2 is 2.05 bits per heavy atom. The zero-order chi connectivity index (χ0) is 15.4. The number of nitrogens with two attached hydrogens (primary N) is 1. The highest BCUT2D eigenvalue weighted by Crippen LogP contribution is 2.23. The number of nitrogens with zero attached hydrogens (tertiary/aromatic N) is 1. The predicted octanol–water partition coefficient (Wildman–Crippen LogP) is 2.49. The highest BCUT2D eigenvalue weighted by molar-refractivity contribution is 5.94. The van der Waals surface area contributed by atoms with Crippen molar-refractivity contribution in [2.45, 2.75) is 19.8 Å². The monoisotopic (exact) mass is 293 g/mol. The number of hydrogen-bond acceptors (Lipinski definition) is 3. The summed E-state index contributed by atoms with van der Waals surface area (Å²) in [4.78, 5) is 11.1. The van der Waals surface area contributed by atoms with Crippen LogP contribution in [0.2, 0.25) is 0 Å². The van der Waals surface area contributed by atoms with Crippen molar-refractivity contribution in [1.82, 2.24) is 5.01 Å². The fourth-order valence-electron chi connectivity index (χ4n) is 2.09. The van der Waals surface area contributed by atoms with Crippen molar-refractivity contribution in [1.29, 1.82) is 0 Å². The first-order valence-corrected chi connectivity index (χ1v) is 6.70. The summed E-state index contributed by atoms with van der Waals surface area (Å²) in [5.41, 5.74) is 8.43. The maximum Gasteiger partial charge on any atom is 0.250 e. The normalized spacial score (nSPS) is 14.0. The van der Waals surface area contributed by atoms with E-state index < -0.39 is 17.5 Å². The maximum absolute atomic E-state index is 14.0. The van der Waals surface area contributed by atoms with Gasteiger partial charge in [0, 0.05) is 6.20 Å². The molecule has 0 unspecified atom stereocenters. The Balaban J connectivity index is 2.20. The molecule has 0 aromatic heterocycles. The van der Waals surface area contributed by atoms with Gasteiger partial charge in [-0.3, -0.25) is 15.2 Å². The smallest absolute Gasteiger partial charge is 0.250 e. The lowest BCUT2D eigenvalue weighted by Crippen LogP contribution is -2.30. The number of hydrogen-bond donors (Lipinski definition) is 2. The van der Waals surface area contributed by atoms with E-state index >= 15 is 0 Å². The first-order chi connectivity index (χ1) is 10.0. The number of benzene rings is 1. The number of nitrogens with one attached hydrogen (secondary N) is 1. The van der Waals surface area contributed by atoms with Gasteiger partial charge in [0.25, 0.3) is 0 Å². The lowest BCUT2D eigenvalue weighted by Gasteiger charge is -2.25. The molecule has 0 atom stereocenters. The van der Waals surface area contributed by atoms with E-state index in [9.17, 15) is 13.6 Å². The minimum Gasteiger partial charge on any atom is -0.366 e. The molecule has 2 rings (SSSR count). The van der Waals surface area contributed by atoms with Crippen molar-refractivity contribution in [2.75, 3.05) is 12.0 Å². The first-order valence-electron chi connectivity index (χ1n) is 6.70. The summed E-state index contributed by atoms with van der Waals surface area (Å²) in [5.74, 6) is -1.93. The largest absolute Gasteiger partial charge is 0.366 e. The topological polar surface area (TPSA) is 58.4 Å². The third-order valence-electron chi connectivity index (χ3n) is 3.07. The fourth-order valence-corrected chi connectivity index (χ4v) is 2.09. The number of anilines is 1. The van der Waals surface area contributed by atoms with Gasteiger partial charge in [0.1, 0.15) is 5.69 Å². The molecule has 112 valence electrons. The van der Waals surface area contributed by atoms with Gasteiger partial charge in [0.05, 0.1) is 12.1 Å². The van der Waals surface area contributed by atoms with Crippen molar-refractivity contribution < 1.29 is 13.6 Å². The zero-order valence-electron chi connectivity index (χ0n) is 11.7. The van der Waals surface area contributed by atoms with E-state index in [2.05, 4.69) is 5.43 Å². The summed E-state index contributed by atoms with van der Waals surface area (Å²) in [6, 6.07) is 2.63. The molecule has 6 heteroatoms. The van der Waals surface area contributed by atoms with Crippen molar-refractivity contribution in [3.05, 3.63) is 53.3 Å². The standard InChI is InChI=1S/C15H17F2N3O/c1-2-4-10-7-12(16)14(13(17)8-10)19-20-6-3-5-11(9-20)15(18)21/h3,5,7-9,19H,2,4,6H2,1H3,(H2,18,21). The van der Waals surface area contributed by atoms with Crippen molar-refractivity contribution in [2.24, 2.45) is 5.73 Å². The number of carbonyl (C=O) groups is 1. The van der Waals surface area contributed by atoms with Gasteiger partial charge in [-0.05, 0) is 24.1 Å². The van der Waals surface area contributed by atoms with Gasteiger partial charge in [-0.25, -0.2) is 8.78 Å². The molecule has 1 aliphatic heterocycles. The summed E-state index contributed by atoms with van der Waals surface area (Å²) in [6.45, 7) is 2.31. The van der Waals surface area contributed by atoms with Crippen molar-refractivity contribution >= 4 is 11.6 Å². The molecule has 0 spiro atoms. The van der Waals surface area contributed by atoms with Crippen molar-refractivity contribution in [3.8, 4) is 0 Å². The fraction of sp³-hybridized carbons (Fsp3) is 0.267. The van der Waals surface area contributed by atoms with E-state index in [1.807, 2.05) is 6.92 Å². The van der Waals surface area contributed by atoms with Crippen LogP contribution in [0.15, 0.2) is 36.1 Å². The minimum absolute atomic E-state index is 0.245. The molecular weight excluding hydrogens is 276 g/mol. The Morgan fingerprint density at radius 3 is 2.62 bits per heavy atom. The van der Waals surface area contributed by atoms with E-state index in [4.69, 9.17) is 5.73 Å². The van der Waals surface area contributed by atoms with Crippen LogP contribution in [0, 0.1) is 11.6 Å². The molecule has 1 aromatic rings. The SMILES string of the molecule is CCCc1cc(F)c(NN2C=C(C(N)=O)C=CC2)c(F)c1. The Labute approximate surface area is 121 Å². The van der Waals surface area contributed by atoms with Gasteiger partial charge in [-0.1, -0.05) is 25.5 Å². The number of carbonyl (C=O) groups excluding carboxylic acids is 1. The Bertz CT molecular complexity index is 588. The van der Waals surface area contributed by atoms with Crippen LogP contribution in [0.25, 0.3) is 0 Å². The molecule has 0 aliphatic carbocycles. The molecule has 0 fully saturated rings. The number of aryl methyl sites for hydroxylation is 1. The van der Waals surface area contributed by atoms with Crippen LogP contribution in [0.4, 0.5) is 14.5 Å². The first kappa shape index (κ1) is 15.0. The lowest BCUT2D eigenvalue weighted by atomic mass is 10.1. The Kier molecular flexibility index (Phi) is 4.57. The molecular formula is C15H17F2N3O. The summed E-state index contributed by atoms with van der Waals surface area (Å²) in [5, 5.41) is 1.40. The molecule has 3 N–H and O–H groups in total. The predicted molar refractivity (Wildman–Crippen MR) is 77.1 cm³/mol. The summed E-state index contributed by atoms with van der Waals surface area (Å²) in [6.07, 6.45) is 6.09. The third kappa shape index (κ3) is 3.59. The average Bonchev–Trinajstić information content (AvgIpc) is 2.43. The molecule has 0 saturated carbocycles. The number of primary amides is 1. The van der Waals surface area contributed by atoms with Crippen LogP contribution < -0.4 is 11.2 Å². The quantitative estimate of drug-likeness (QED) is 0.877. The van der Waals surface area contributed by atoms with Gasteiger partial charge < -0.3 is 5.73 Å². The van der Waals surface area contributed by atoms with E-state index in [1.54, 1.807) is 12.2 Å². The average molecular weight is 293 g/mol. The second kappa shape index (κ2) is 6.39. The Hall–Kier alpha value is -2.37. The van der Waals surface area contributed by atoms with Crippen LogP contribution in [0.5, 0.6) is 0 Å². The number of amides is 1. The van der Waals surface area contributed by atoms with Crippen LogP contribution in [-0.4, -0.2) is 17.5 Å². The van der Waals surface area contributed by atoms with Crippen LogP contribution in [-0.2, 0) is 11.2 Å². The van der Waals surface area contributed by atoms with Gasteiger partial charge >= 0.3 is 0 Å². The second-order valence-electron chi connectivity index (χ2n) is 4.80. The van der Waals surface area contributed by atoms with E-state index in [-0.39, 0.29) is 11.3 Å². The summed E-state index contributed by atoms with van der Waals surface area (Å²) < 4.78 is 28.0. The number of hydrazine groups is 1. The van der Waals surface area contributed by atoms with Gasteiger partial charge in [0.15, 0.2) is 11.6 Å². The van der Waals surface area contributed by atoms with E-state index in [0.29, 0.717) is 18.5 Å². The van der Waals surface area contributed by atoms with E-state index in [1.165, 1.54) is 23.3 Å². The number of rotatable bonds is 5. The van der Waals surface area contributed by atoms with Crippen molar-refractivity contribution in [3.63, 3.8) is 0 Å². The molecule has 0 radical (unpaired) electrons. The number of halogens is 2. The van der Waals surface area contributed by atoms with Crippen LogP contribution in [0.3, 0.4) is 0 Å². The molecule has 21 heavy (non-hydrogen) atoms. The molecule has 0 saturated heterocycles. The summed E-state index contributed by atoms with van der Waals surface area (Å²) >= 11 is 0. The third-order valence-corrected chi connectivity index (χ3v) is 3.07.